The molecule has 5 nitrogen and oxygen atoms in total. The average Bonchev–Trinajstić information content (AvgIpc) is 2.78. The Kier molecular flexibility index (Phi) is 6.15. The van der Waals surface area contributed by atoms with Gasteiger partial charge in [0.2, 0.25) is 15.9 Å². The lowest BCUT2D eigenvalue weighted by atomic mass is 10.0. The molecule has 160 valence electrons. The summed E-state index contributed by atoms with van der Waals surface area (Å²) in [6, 6.07) is 20.3. The molecule has 0 saturated heterocycles. The molecule has 1 amide bonds. The van der Waals surface area contributed by atoms with Crippen molar-refractivity contribution in [3.8, 4) is 0 Å². The van der Waals surface area contributed by atoms with Gasteiger partial charge in [0.1, 0.15) is 5.82 Å². The van der Waals surface area contributed by atoms with Crippen molar-refractivity contribution < 1.29 is 17.6 Å². The molecule has 0 spiro atoms. The number of sulfonamides is 1. The van der Waals surface area contributed by atoms with Gasteiger partial charge in [-0.3, -0.25) is 4.79 Å². The zero-order valence-electron chi connectivity index (χ0n) is 16.9. The summed E-state index contributed by atoms with van der Waals surface area (Å²) in [6.45, 7) is 0.568. The van der Waals surface area contributed by atoms with Crippen LogP contribution >= 0.6 is 0 Å². The van der Waals surface area contributed by atoms with Crippen molar-refractivity contribution in [1.29, 1.82) is 0 Å². The molecule has 1 heterocycles. The van der Waals surface area contributed by atoms with Crippen LogP contribution in [0.4, 0.5) is 10.1 Å². The van der Waals surface area contributed by atoms with E-state index in [-0.39, 0.29) is 17.3 Å². The third-order valence-electron chi connectivity index (χ3n) is 5.40. The minimum Gasteiger partial charge on any atom is -0.326 e. The fourth-order valence-electron chi connectivity index (χ4n) is 3.70. The van der Waals surface area contributed by atoms with Crippen LogP contribution in [0.2, 0.25) is 0 Å². The van der Waals surface area contributed by atoms with Crippen molar-refractivity contribution >= 4 is 21.6 Å². The monoisotopic (exact) mass is 438 g/mol. The first-order valence-corrected chi connectivity index (χ1v) is 11.6. The van der Waals surface area contributed by atoms with Crippen molar-refractivity contribution in [3.63, 3.8) is 0 Å². The minimum atomic E-state index is -3.72. The fourth-order valence-corrected chi connectivity index (χ4v) is 5.11. The van der Waals surface area contributed by atoms with E-state index in [1.807, 2.05) is 48.5 Å². The molecule has 1 aliphatic heterocycles. The van der Waals surface area contributed by atoms with Crippen LogP contribution in [0, 0.1) is 5.82 Å². The van der Waals surface area contributed by atoms with E-state index >= 15 is 0 Å². The summed E-state index contributed by atoms with van der Waals surface area (Å²) in [5.41, 5.74) is 3.67. The molecule has 0 fully saturated rings. The largest absolute Gasteiger partial charge is 0.326 e. The molecule has 31 heavy (non-hydrogen) atoms. The van der Waals surface area contributed by atoms with Gasteiger partial charge in [0.15, 0.2) is 0 Å². The Hall–Kier alpha value is -3.03. The van der Waals surface area contributed by atoms with Crippen molar-refractivity contribution in [3.05, 3.63) is 95.3 Å². The van der Waals surface area contributed by atoms with E-state index < -0.39 is 15.8 Å². The number of nitrogens with one attached hydrogen (secondary N) is 1. The van der Waals surface area contributed by atoms with E-state index in [9.17, 15) is 17.6 Å². The maximum atomic E-state index is 13.2. The molecule has 1 N–H and O–H groups in total. The Morgan fingerprint density at radius 1 is 0.968 bits per heavy atom. The fraction of sp³-hybridized carbons (Fsp3) is 0.208. The first-order chi connectivity index (χ1) is 14.9. The lowest BCUT2D eigenvalue weighted by Crippen LogP contribution is -2.36. The summed E-state index contributed by atoms with van der Waals surface area (Å²) >= 11 is 0. The number of aryl methyl sites for hydroxylation is 1. The molecule has 3 aromatic rings. The average molecular weight is 439 g/mol. The maximum absolute atomic E-state index is 13.2. The molecule has 0 bridgehead atoms. The maximum Gasteiger partial charge on any atom is 0.243 e. The summed E-state index contributed by atoms with van der Waals surface area (Å²) in [4.78, 5) is 12.4. The number of hydrogen-bond acceptors (Lipinski definition) is 3. The first kappa shape index (κ1) is 21.2. The molecular weight excluding hydrogens is 415 g/mol. The Morgan fingerprint density at radius 2 is 1.71 bits per heavy atom. The third kappa shape index (κ3) is 5.00. The second-order valence-electron chi connectivity index (χ2n) is 7.56. The summed E-state index contributed by atoms with van der Waals surface area (Å²) in [6.07, 6.45) is 1.60. The molecule has 0 atom stereocenters. The van der Waals surface area contributed by atoms with E-state index in [0.717, 1.165) is 28.8 Å². The smallest absolute Gasteiger partial charge is 0.243 e. The standard InChI is InChI=1S/C24H23FN2O3S/c25-21-8-11-23(12-9-21)31(29,30)27-15-14-19-7-10-22(16-20(19)17-27)26-24(28)13-6-18-4-2-1-3-5-18/h1-5,7-12,16H,6,13-15,17H2,(H,26,28). The van der Waals surface area contributed by atoms with Crippen molar-refractivity contribution in [1.82, 2.24) is 4.31 Å². The minimum absolute atomic E-state index is 0.0720. The number of amides is 1. The molecule has 0 aliphatic carbocycles. The SMILES string of the molecule is O=C(CCc1ccccc1)Nc1ccc2c(c1)CN(S(=O)(=O)c1ccc(F)cc1)CC2. The highest BCUT2D eigenvalue weighted by atomic mass is 32.2. The Balaban J connectivity index is 1.44. The van der Waals surface area contributed by atoms with Gasteiger partial charge >= 0.3 is 0 Å². The summed E-state index contributed by atoms with van der Waals surface area (Å²) < 4.78 is 40.4. The summed E-state index contributed by atoms with van der Waals surface area (Å²) in [7, 11) is -3.72. The van der Waals surface area contributed by atoms with Gasteiger partial charge in [-0.1, -0.05) is 36.4 Å². The van der Waals surface area contributed by atoms with E-state index in [1.54, 1.807) is 0 Å². The Bertz CT molecular complexity index is 1180. The van der Waals surface area contributed by atoms with Crippen LogP contribution in [0.15, 0.2) is 77.7 Å². The van der Waals surface area contributed by atoms with Gasteiger partial charge in [-0.25, -0.2) is 12.8 Å². The van der Waals surface area contributed by atoms with Crippen LogP contribution in [0.1, 0.15) is 23.1 Å². The zero-order valence-corrected chi connectivity index (χ0v) is 17.7. The number of fused-ring (bicyclic) bond motifs is 1. The van der Waals surface area contributed by atoms with Crippen molar-refractivity contribution in [2.24, 2.45) is 0 Å². The van der Waals surface area contributed by atoms with Crippen LogP contribution in [0.25, 0.3) is 0 Å². The highest BCUT2D eigenvalue weighted by molar-refractivity contribution is 7.89. The van der Waals surface area contributed by atoms with Crippen LogP contribution in [0.5, 0.6) is 0 Å². The highest BCUT2D eigenvalue weighted by Gasteiger charge is 2.28. The van der Waals surface area contributed by atoms with E-state index in [0.29, 0.717) is 31.5 Å². The predicted molar refractivity (Wildman–Crippen MR) is 118 cm³/mol. The molecule has 1 aliphatic rings. The second-order valence-corrected chi connectivity index (χ2v) is 9.50. The van der Waals surface area contributed by atoms with Gasteiger partial charge in [0.05, 0.1) is 4.90 Å². The zero-order chi connectivity index (χ0) is 21.8. The normalized spacial score (nSPS) is 14.1. The number of benzene rings is 3. The number of halogens is 1. The lowest BCUT2D eigenvalue weighted by molar-refractivity contribution is -0.116. The first-order valence-electron chi connectivity index (χ1n) is 10.1. The lowest BCUT2D eigenvalue weighted by Gasteiger charge is -2.28. The molecule has 3 aromatic carbocycles. The third-order valence-corrected chi connectivity index (χ3v) is 7.26. The molecule has 0 aromatic heterocycles. The van der Waals surface area contributed by atoms with E-state index in [4.69, 9.17) is 0 Å². The van der Waals surface area contributed by atoms with Gasteiger partial charge in [0.25, 0.3) is 0 Å². The number of carbonyl (C=O) groups excluding carboxylic acids is 1. The molecular formula is C24H23FN2O3S. The number of anilines is 1. The second kappa shape index (κ2) is 8.99. The topological polar surface area (TPSA) is 66.5 Å². The predicted octanol–water partition coefficient (Wildman–Crippen LogP) is 4.14. The Labute approximate surface area is 181 Å². The summed E-state index contributed by atoms with van der Waals surface area (Å²) in [5, 5.41) is 2.91. The van der Waals surface area contributed by atoms with E-state index in [2.05, 4.69) is 5.32 Å². The quantitative estimate of drug-likeness (QED) is 0.629. The number of hydrogen-bond donors (Lipinski definition) is 1. The molecule has 4 rings (SSSR count). The molecule has 7 heteroatoms. The van der Waals surface area contributed by atoms with E-state index in [1.165, 1.54) is 16.4 Å². The molecule has 0 radical (unpaired) electrons. The van der Waals surface area contributed by atoms with Crippen LogP contribution in [0.3, 0.4) is 0 Å². The van der Waals surface area contributed by atoms with Gasteiger partial charge in [-0.2, -0.15) is 4.31 Å². The van der Waals surface area contributed by atoms with Crippen molar-refractivity contribution in [2.75, 3.05) is 11.9 Å². The van der Waals surface area contributed by atoms with Gasteiger partial charge in [-0.15, -0.1) is 0 Å². The van der Waals surface area contributed by atoms with Crippen LogP contribution in [-0.2, 0) is 34.2 Å². The molecule has 0 saturated carbocycles. The van der Waals surface area contributed by atoms with Gasteiger partial charge < -0.3 is 5.32 Å². The van der Waals surface area contributed by atoms with Gasteiger partial charge in [-0.05, 0) is 65.9 Å². The van der Waals surface area contributed by atoms with Gasteiger partial charge in [0, 0.05) is 25.2 Å². The van der Waals surface area contributed by atoms with Crippen molar-refractivity contribution in [2.45, 2.75) is 30.7 Å². The number of nitrogens with zero attached hydrogens (tertiary/aromatic N) is 1. The number of carbonyl (C=O) groups is 1. The Morgan fingerprint density at radius 3 is 2.45 bits per heavy atom. The van der Waals surface area contributed by atoms with Crippen LogP contribution in [-0.4, -0.2) is 25.2 Å². The molecule has 0 unspecified atom stereocenters. The van der Waals surface area contributed by atoms with Crippen LogP contribution < -0.4 is 5.32 Å². The summed E-state index contributed by atoms with van der Waals surface area (Å²) in [5.74, 6) is -0.564. The number of rotatable bonds is 6. The highest BCUT2D eigenvalue weighted by Crippen LogP contribution is 2.27.